The van der Waals surface area contributed by atoms with Crippen LogP contribution >= 0.6 is 0 Å². The van der Waals surface area contributed by atoms with Crippen molar-refractivity contribution >= 4 is 10.0 Å². The van der Waals surface area contributed by atoms with Gasteiger partial charge >= 0.3 is 0 Å². The van der Waals surface area contributed by atoms with E-state index in [0.29, 0.717) is 26.3 Å². The van der Waals surface area contributed by atoms with Gasteiger partial charge in [0, 0.05) is 38.1 Å². The lowest BCUT2D eigenvalue weighted by molar-refractivity contribution is 0.153. The maximum absolute atomic E-state index is 12.0. The number of rotatable bonds is 8. The minimum Gasteiger partial charge on any atom is -0.380 e. The molecule has 3 N–H and O–H groups in total. The van der Waals surface area contributed by atoms with E-state index in [1.165, 1.54) is 0 Å². The molecule has 104 valence electrons. The molecule has 0 fully saturated rings. The van der Waals surface area contributed by atoms with Gasteiger partial charge in [0.15, 0.2) is 0 Å². The Morgan fingerprint density at radius 3 is 2.67 bits per heavy atom. The molecule has 0 saturated heterocycles. The Morgan fingerprint density at radius 2 is 2.17 bits per heavy atom. The van der Waals surface area contributed by atoms with E-state index < -0.39 is 10.0 Å². The van der Waals surface area contributed by atoms with E-state index in [2.05, 4.69) is 4.72 Å². The predicted octanol–water partition coefficient (Wildman–Crippen LogP) is 0.282. The number of nitrogens with two attached hydrogens (primary N) is 1. The molecular weight excluding hydrogens is 254 g/mol. The van der Waals surface area contributed by atoms with E-state index in [1.54, 1.807) is 12.3 Å². The van der Waals surface area contributed by atoms with Crippen molar-refractivity contribution in [3.05, 3.63) is 18.0 Å². The summed E-state index contributed by atoms with van der Waals surface area (Å²) < 4.78 is 33.4. The average molecular weight is 275 g/mol. The number of sulfonamides is 1. The van der Waals surface area contributed by atoms with E-state index in [4.69, 9.17) is 10.5 Å². The smallest absolute Gasteiger partial charge is 0.242 e. The maximum atomic E-state index is 12.0. The molecule has 0 spiro atoms. The third-order valence-corrected chi connectivity index (χ3v) is 3.99. The van der Waals surface area contributed by atoms with Gasteiger partial charge in [-0.25, -0.2) is 13.1 Å². The molecule has 0 aliphatic heterocycles. The van der Waals surface area contributed by atoms with Crippen molar-refractivity contribution in [1.82, 2.24) is 9.29 Å². The summed E-state index contributed by atoms with van der Waals surface area (Å²) in [5, 5.41) is 0. The summed E-state index contributed by atoms with van der Waals surface area (Å²) in [7, 11) is -3.47. The number of aromatic nitrogens is 1. The Hall–Kier alpha value is -0.890. The Morgan fingerprint density at radius 1 is 1.44 bits per heavy atom. The molecule has 18 heavy (non-hydrogen) atoms. The van der Waals surface area contributed by atoms with Crippen LogP contribution in [0.1, 0.15) is 19.5 Å². The summed E-state index contributed by atoms with van der Waals surface area (Å²) in [6, 6.07) is 1.60. The largest absolute Gasteiger partial charge is 0.380 e. The van der Waals surface area contributed by atoms with Crippen LogP contribution in [0.25, 0.3) is 0 Å². The molecule has 6 nitrogen and oxygen atoms in total. The number of hydrogen-bond donors (Lipinski definition) is 2. The monoisotopic (exact) mass is 275 g/mol. The quantitative estimate of drug-likeness (QED) is 0.667. The lowest BCUT2D eigenvalue weighted by atomic mass is 10.4. The summed E-state index contributed by atoms with van der Waals surface area (Å²) in [6.07, 6.45) is 1.60. The number of aryl methyl sites for hydroxylation is 1. The van der Waals surface area contributed by atoms with E-state index in [1.807, 2.05) is 18.4 Å². The van der Waals surface area contributed by atoms with Crippen molar-refractivity contribution in [2.75, 3.05) is 19.8 Å². The van der Waals surface area contributed by atoms with Gasteiger partial charge in [0.2, 0.25) is 10.0 Å². The van der Waals surface area contributed by atoms with Crippen molar-refractivity contribution in [3.63, 3.8) is 0 Å². The van der Waals surface area contributed by atoms with Crippen LogP contribution < -0.4 is 10.5 Å². The van der Waals surface area contributed by atoms with E-state index in [9.17, 15) is 8.42 Å². The molecule has 1 aromatic heterocycles. The summed E-state index contributed by atoms with van der Waals surface area (Å²) in [5.41, 5.74) is 6.37. The van der Waals surface area contributed by atoms with Crippen LogP contribution in [0.4, 0.5) is 0 Å². The van der Waals surface area contributed by atoms with E-state index >= 15 is 0 Å². The van der Waals surface area contributed by atoms with Gasteiger partial charge in [-0.1, -0.05) is 0 Å². The van der Waals surface area contributed by atoms with Gasteiger partial charge in [0.05, 0.1) is 11.5 Å². The standard InChI is InChI=1S/C11H21N3O3S/c1-3-14-9-11(7-10(14)8-12)18(15,16)13-5-6-17-4-2/h7,9,13H,3-6,8,12H2,1-2H3. The first kappa shape index (κ1) is 15.2. The summed E-state index contributed by atoms with van der Waals surface area (Å²) in [6.45, 7) is 6.04. The Bertz CT molecular complexity index is 446. The Balaban J connectivity index is 2.75. The fraction of sp³-hybridized carbons (Fsp3) is 0.636. The van der Waals surface area contributed by atoms with E-state index in [-0.39, 0.29) is 11.4 Å². The Kier molecular flexibility index (Phi) is 5.80. The zero-order valence-electron chi connectivity index (χ0n) is 10.8. The number of nitrogens with one attached hydrogen (secondary N) is 1. The highest BCUT2D eigenvalue weighted by Gasteiger charge is 2.16. The van der Waals surface area contributed by atoms with Crippen LogP contribution in [0.2, 0.25) is 0 Å². The van der Waals surface area contributed by atoms with Gasteiger partial charge in [-0.3, -0.25) is 0 Å². The van der Waals surface area contributed by atoms with Gasteiger partial charge in [-0.15, -0.1) is 0 Å². The van der Waals surface area contributed by atoms with Crippen molar-refractivity contribution in [1.29, 1.82) is 0 Å². The van der Waals surface area contributed by atoms with Gasteiger partial charge in [-0.05, 0) is 19.9 Å². The number of hydrogen-bond acceptors (Lipinski definition) is 4. The van der Waals surface area contributed by atoms with Crippen LogP contribution in [0.5, 0.6) is 0 Å². The highest BCUT2D eigenvalue weighted by Crippen LogP contribution is 2.13. The third-order valence-electron chi connectivity index (χ3n) is 2.56. The highest BCUT2D eigenvalue weighted by atomic mass is 32.2. The van der Waals surface area contributed by atoms with Crippen molar-refractivity contribution in [2.24, 2.45) is 5.73 Å². The summed E-state index contributed by atoms with van der Waals surface area (Å²) in [4.78, 5) is 0.251. The molecule has 1 rings (SSSR count). The second-order valence-corrected chi connectivity index (χ2v) is 5.52. The van der Waals surface area contributed by atoms with Crippen LogP contribution in [-0.4, -0.2) is 32.7 Å². The molecule has 0 saturated carbocycles. The molecular formula is C11H21N3O3S. The minimum atomic E-state index is -3.47. The molecule has 0 radical (unpaired) electrons. The molecule has 1 heterocycles. The second kappa shape index (κ2) is 6.89. The highest BCUT2D eigenvalue weighted by molar-refractivity contribution is 7.89. The van der Waals surface area contributed by atoms with Crippen molar-refractivity contribution in [2.45, 2.75) is 31.8 Å². The fourth-order valence-corrected chi connectivity index (χ4v) is 2.69. The number of ether oxygens (including phenoxy) is 1. The first-order valence-corrected chi connectivity index (χ1v) is 7.50. The molecule has 0 aliphatic carbocycles. The normalized spacial score (nSPS) is 11.9. The zero-order valence-corrected chi connectivity index (χ0v) is 11.7. The van der Waals surface area contributed by atoms with Crippen LogP contribution in [-0.2, 0) is 27.8 Å². The van der Waals surface area contributed by atoms with E-state index in [0.717, 1.165) is 5.69 Å². The van der Waals surface area contributed by atoms with Gasteiger partial charge < -0.3 is 15.0 Å². The third kappa shape index (κ3) is 3.81. The SMILES string of the molecule is CCOCCNS(=O)(=O)c1cc(CN)n(CC)c1. The summed E-state index contributed by atoms with van der Waals surface area (Å²) in [5.74, 6) is 0. The van der Waals surface area contributed by atoms with Gasteiger partial charge in [0.1, 0.15) is 0 Å². The lowest BCUT2D eigenvalue weighted by Gasteiger charge is -2.04. The first-order chi connectivity index (χ1) is 8.55. The predicted molar refractivity (Wildman–Crippen MR) is 69.7 cm³/mol. The lowest BCUT2D eigenvalue weighted by Crippen LogP contribution is -2.27. The van der Waals surface area contributed by atoms with Crippen LogP contribution in [0.3, 0.4) is 0 Å². The van der Waals surface area contributed by atoms with Crippen LogP contribution in [0, 0.1) is 0 Å². The molecule has 0 aromatic carbocycles. The molecule has 0 bridgehead atoms. The maximum Gasteiger partial charge on any atom is 0.242 e. The molecule has 7 heteroatoms. The minimum absolute atomic E-state index is 0.251. The average Bonchev–Trinajstić information content (AvgIpc) is 2.78. The summed E-state index contributed by atoms with van der Waals surface area (Å²) >= 11 is 0. The van der Waals surface area contributed by atoms with Crippen molar-refractivity contribution in [3.8, 4) is 0 Å². The molecule has 0 aliphatic rings. The number of nitrogens with zero attached hydrogens (tertiary/aromatic N) is 1. The fourth-order valence-electron chi connectivity index (χ4n) is 1.61. The second-order valence-electron chi connectivity index (χ2n) is 3.75. The molecule has 0 amide bonds. The topological polar surface area (TPSA) is 86.3 Å². The first-order valence-electron chi connectivity index (χ1n) is 6.01. The molecule has 0 unspecified atom stereocenters. The Labute approximate surface area is 108 Å². The van der Waals surface area contributed by atoms with Gasteiger partial charge in [-0.2, -0.15) is 0 Å². The van der Waals surface area contributed by atoms with Crippen LogP contribution in [0.15, 0.2) is 17.2 Å². The van der Waals surface area contributed by atoms with Crippen molar-refractivity contribution < 1.29 is 13.2 Å². The molecule has 1 aromatic rings. The van der Waals surface area contributed by atoms with Gasteiger partial charge in [0.25, 0.3) is 0 Å². The zero-order chi connectivity index (χ0) is 13.6. The molecule has 0 atom stereocenters.